The van der Waals surface area contributed by atoms with E-state index in [1.54, 1.807) is 0 Å². The van der Waals surface area contributed by atoms with E-state index in [0.717, 1.165) is 0 Å². The van der Waals surface area contributed by atoms with Crippen molar-refractivity contribution in [2.75, 3.05) is 0 Å². The fourth-order valence-corrected chi connectivity index (χ4v) is 6.04. The van der Waals surface area contributed by atoms with Gasteiger partial charge in [-0.15, -0.1) is 0 Å². The van der Waals surface area contributed by atoms with E-state index >= 15 is 0 Å². The summed E-state index contributed by atoms with van der Waals surface area (Å²) in [5, 5.41) is 10.5. The summed E-state index contributed by atoms with van der Waals surface area (Å²) in [5.41, 5.74) is 7.84. The second kappa shape index (κ2) is 8.07. The molecule has 36 heavy (non-hydrogen) atoms. The summed E-state index contributed by atoms with van der Waals surface area (Å²) in [7, 11) is 0. The standard InChI is InChI=1S/C36H26/c1-23-11-3-5-13-27(23)34-21-25-12-4-6-14-28(25)36(24(34)2)26-19-20-33-31-17-8-7-15-29(31)30-16-9-10-18-32(30)35(33)22-26/h3-22H,1-2H3. The molecule has 0 heterocycles. The molecular weight excluding hydrogens is 432 g/mol. The highest BCUT2D eigenvalue weighted by Crippen LogP contribution is 2.42. The van der Waals surface area contributed by atoms with Crippen LogP contribution in [-0.2, 0) is 0 Å². The summed E-state index contributed by atoms with van der Waals surface area (Å²) in [5.74, 6) is 0. The lowest BCUT2D eigenvalue weighted by atomic mass is 9.85. The molecule has 0 unspecified atom stereocenters. The number of fused-ring (bicyclic) bond motifs is 7. The Morgan fingerprint density at radius 1 is 0.389 bits per heavy atom. The van der Waals surface area contributed by atoms with Crippen molar-refractivity contribution in [3.63, 3.8) is 0 Å². The van der Waals surface area contributed by atoms with E-state index in [4.69, 9.17) is 0 Å². The van der Waals surface area contributed by atoms with Crippen LogP contribution in [0.5, 0.6) is 0 Å². The minimum absolute atomic E-state index is 1.27. The van der Waals surface area contributed by atoms with Gasteiger partial charge in [0.1, 0.15) is 0 Å². The molecule has 0 spiro atoms. The first-order chi connectivity index (χ1) is 17.7. The maximum atomic E-state index is 2.42. The van der Waals surface area contributed by atoms with Gasteiger partial charge in [0.05, 0.1) is 0 Å². The molecule has 7 aromatic carbocycles. The summed E-state index contributed by atoms with van der Waals surface area (Å²) in [4.78, 5) is 0. The summed E-state index contributed by atoms with van der Waals surface area (Å²) in [6.07, 6.45) is 0. The first-order valence-electron chi connectivity index (χ1n) is 12.6. The van der Waals surface area contributed by atoms with Crippen LogP contribution in [0.25, 0.3) is 65.3 Å². The largest absolute Gasteiger partial charge is 0.0620 e. The Morgan fingerprint density at radius 2 is 0.917 bits per heavy atom. The zero-order valence-electron chi connectivity index (χ0n) is 20.5. The molecule has 0 N–H and O–H groups in total. The second-order valence-corrected chi connectivity index (χ2v) is 9.81. The lowest BCUT2D eigenvalue weighted by Crippen LogP contribution is -1.93. The van der Waals surface area contributed by atoms with Crippen LogP contribution >= 0.6 is 0 Å². The third kappa shape index (κ3) is 3.08. The van der Waals surface area contributed by atoms with Gasteiger partial charge in [-0.1, -0.05) is 109 Å². The zero-order chi connectivity index (χ0) is 24.2. The van der Waals surface area contributed by atoms with Crippen LogP contribution in [0.4, 0.5) is 0 Å². The van der Waals surface area contributed by atoms with Gasteiger partial charge in [-0.05, 0) is 102 Å². The van der Waals surface area contributed by atoms with E-state index < -0.39 is 0 Å². The van der Waals surface area contributed by atoms with Gasteiger partial charge in [0, 0.05) is 0 Å². The Kier molecular flexibility index (Phi) is 4.69. The molecule has 0 bridgehead atoms. The highest BCUT2D eigenvalue weighted by atomic mass is 14.2. The number of hydrogen-bond acceptors (Lipinski definition) is 0. The van der Waals surface area contributed by atoms with E-state index in [-0.39, 0.29) is 0 Å². The molecule has 0 heteroatoms. The molecule has 7 rings (SSSR count). The normalized spacial score (nSPS) is 11.6. The van der Waals surface area contributed by atoms with Gasteiger partial charge in [-0.3, -0.25) is 0 Å². The first-order valence-corrected chi connectivity index (χ1v) is 12.6. The van der Waals surface area contributed by atoms with Crippen LogP contribution in [0.2, 0.25) is 0 Å². The van der Waals surface area contributed by atoms with Crippen molar-refractivity contribution in [2.24, 2.45) is 0 Å². The fraction of sp³-hybridized carbons (Fsp3) is 0.0556. The Hall–Kier alpha value is -4.42. The third-order valence-corrected chi connectivity index (χ3v) is 7.78. The number of benzene rings is 7. The van der Waals surface area contributed by atoms with E-state index in [1.165, 1.54) is 76.5 Å². The molecule has 170 valence electrons. The average molecular weight is 459 g/mol. The van der Waals surface area contributed by atoms with Crippen LogP contribution in [0.1, 0.15) is 11.1 Å². The van der Waals surface area contributed by atoms with E-state index in [9.17, 15) is 0 Å². The van der Waals surface area contributed by atoms with Crippen LogP contribution in [0.15, 0.2) is 121 Å². The quantitative estimate of drug-likeness (QED) is 0.226. The maximum Gasteiger partial charge on any atom is -0.00697 e. The topological polar surface area (TPSA) is 0 Å². The lowest BCUT2D eigenvalue weighted by molar-refractivity contribution is 1.42. The lowest BCUT2D eigenvalue weighted by Gasteiger charge is -2.18. The van der Waals surface area contributed by atoms with Crippen molar-refractivity contribution in [2.45, 2.75) is 13.8 Å². The summed E-state index contributed by atoms with van der Waals surface area (Å²) < 4.78 is 0. The van der Waals surface area contributed by atoms with Gasteiger partial charge in [0.15, 0.2) is 0 Å². The Labute approximate surface area is 211 Å². The molecule has 0 amide bonds. The number of rotatable bonds is 2. The first kappa shape index (κ1) is 20.9. The molecule has 0 saturated carbocycles. The molecule has 0 radical (unpaired) electrons. The second-order valence-electron chi connectivity index (χ2n) is 9.81. The zero-order valence-corrected chi connectivity index (χ0v) is 20.5. The Balaban J connectivity index is 1.60. The summed E-state index contributed by atoms with van der Waals surface area (Å²) >= 11 is 0. The van der Waals surface area contributed by atoms with Gasteiger partial charge < -0.3 is 0 Å². The summed E-state index contributed by atoms with van der Waals surface area (Å²) in [6, 6.07) is 44.5. The highest BCUT2D eigenvalue weighted by molar-refractivity contribution is 6.26. The van der Waals surface area contributed by atoms with Crippen molar-refractivity contribution in [1.82, 2.24) is 0 Å². The third-order valence-electron chi connectivity index (χ3n) is 7.78. The van der Waals surface area contributed by atoms with E-state index in [0.29, 0.717) is 0 Å². The van der Waals surface area contributed by atoms with Crippen LogP contribution < -0.4 is 0 Å². The number of hydrogen-bond donors (Lipinski definition) is 0. The number of aryl methyl sites for hydroxylation is 1. The van der Waals surface area contributed by atoms with Crippen LogP contribution in [0.3, 0.4) is 0 Å². The molecule has 7 aromatic rings. The molecular formula is C36H26. The van der Waals surface area contributed by atoms with Gasteiger partial charge in [0.25, 0.3) is 0 Å². The minimum atomic E-state index is 1.27. The predicted molar refractivity (Wildman–Crippen MR) is 157 cm³/mol. The molecule has 0 aliphatic carbocycles. The Bertz CT molecular complexity index is 1920. The van der Waals surface area contributed by atoms with Crippen molar-refractivity contribution in [3.8, 4) is 22.3 Å². The van der Waals surface area contributed by atoms with Crippen molar-refractivity contribution < 1.29 is 0 Å². The minimum Gasteiger partial charge on any atom is -0.0620 e. The molecule has 0 nitrogen and oxygen atoms in total. The predicted octanol–water partition coefficient (Wildman–Crippen LogP) is 10.3. The van der Waals surface area contributed by atoms with Crippen LogP contribution in [-0.4, -0.2) is 0 Å². The molecule has 0 aliphatic heterocycles. The van der Waals surface area contributed by atoms with Crippen LogP contribution in [0, 0.1) is 13.8 Å². The van der Waals surface area contributed by atoms with Crippen molar-refractivity contribution >= 4 is 43.1 Å². The van der Waals surface area contributed by atoms with Gasteiger partial charge >= 0.3 is 0 Å². The maximum absolute atomic E-state index is 2.42. The Morgan fingerprint density at radius 3 is 1.58 bits per heavy atom. The summed E-state index contributed by atoms with van der Waals surface area (Å²) in [6.45, 7) is 4.49. The van der Waals surface area contributed by atoms with Gasteiger partial charge in [-0.25, -0.2) is 0 Å². The van der Waals surface area contributed by atoms with Gasteiger partial charge in [0.2, 0.25) is 0 Å². The van der Waals surface area contributed by atoms with E-state index in [2.05, 4.69) is 135 Å². The SMILES string of the molecule is Cc1ccccc1-c1cc2ccccc2c(-c2ccc3c4ccccc4c4ccccc4c3c2)c1C. The fourth-order valence-electron chi connectivity index (χ4n) is 6.04. The molecule has 0 saturated heterocycles. The molecule has 0 aromatic heterocycles. The highest BCUT2D eigenvalue weighted by Gasteiger charge is 2.16. The molecule has 0 atom stereocenters. The van der Waals surface area contributed by atoms with Gasteiger partial charge in [-0.2, -0.15) is 0 Å². The molecule has 0 fully saturated rings. The van der Waals surface area contributed by atoms with Crippen molar-refractivity contribution in [3.05, 3.63) is 132 Å². The van der Waals surface area contributed by atoms with E-state index in [1.807, 2.05) is 0 Å². The molecule has 0 aliphatic rings. The van der Waals surface area contributed by atoms with Crippen molar-refractivity contribution in [1.29, 1.82) is 0 Å². The monoisotopic (exact) mass is 458 g/mol. The average Bonchev–Trinajstić information content (AvgIpc) is 2.93. The smallest absolute Gasteiger partial charge is 0.00697 e.